The molecule has 24 heavy (non-hydrogen) atoms. The maximum absolute atomic E-state index is 12.4. The third kappa shape index (κ3) is 3.32. The van der Waals surface area contributed by atoms with E-state index in [0.29, 0.717) is 28.6 Å². The summed E-state index contributed by atoms with van der Waals surface area (Å²) in [6.07, 6.45) is -0.398. The smallest absolute Gasteiger partial charge is 0.268 e. The molecule has 0 aromatic heterocycles. The number of halogens is 2. The molecule has 1 amide bonds. The first-order valence-corrected chi connectivity index (χ1v) is 7.96. The van der Waals surface area contributed by atoms with Gasteiger partial charge in [0.05, 0.1) is 28.6 Å². The average Bonchev–Trinajstić information content (AvgIpc) is 3.09. The fourth-order valence-corrected chi connectivity index (χ4v) is 2.72. The van der Waals surface area contributed by atoms with Gasteiger partial charge in [0.15, 0.2) is 0 Å². The second-order valence-corrected chi connectivity index (χ2v) is 5.91. The van der Waals surface area contributed by atoms with Crippen molar-refractivity contribution in [3.05, 3.63) is 58.1 Å². The first kappa shape index (κ1) is 16.6. The van der Waals surface area contributed by atoms with E-state index in [-0.39, 0.29) is 10.9 Å². The minimum absolute atomic E-state index is 0.288. The maximum atomic E-state index is 12.4. The summed E-state index contributed by atoms with van der Waals surface area (Å²) in [6, 6.07) is 12.5. The summed E-state index contributed by atoms with van der Waals surface area (Å²) in [4.78, 5) is 17.6. The highest BCUT2D eigenvalue weighted by Crippen LogP contribution is 2.30. The first-order chi connectivity index (χ1) is 11.6. The Morgan fingerprint density at radius 2 is 2.04 bits per heavy atom. The van der Waals surface area contributed by atoms with Crippen molar-refractivity contribution in [1.29, 1.82) is 0 Å². The van der Waals surface area contributed by atoms with Crippen LogP contribution in [0.4, 0.5) is 5.69 Å². The van der Waals surface area contributed by atoms with Crippen LogP contribution in [-0.4, -0.2) is 24.8 Å². The Kier molecular flexibility index (Phi) is 4.92. The SMILES string of the molecule is COc1ccccc1C1=NOC(C(=O)Nc2cccc(Cl)c2Cl)C1. The summed E-state index contributed by atoms with van der Waals surface area (Å²) in [6.45, 7) is 0. The molecule has 0 aliphatic carbocycles. The number of methoxy groups -OCH3 is 1. The summed E-state index contributed by atoms with van der Waals surface area (Å²) in [5.74, 6) is 0.339. The van der Waals surface area contributed by atoms with Crippen LogP contribution in [0.1, 0.15) is 12.0 Å². The van der Waals surface area contributed by atoms with Gasteiger partial charge in [-0.25, -0.2) is 0 Å². The van der Waals surface area contributed by atoms with Crippen molar-refractivity contribution in [3.8, 4) is 5.75 Å². The minimum atomic E-state index is -0.736. The Morgan fingerprint density at radius 3 is 2.83 bits per heavy atom. The summed E-state index contributed by atoms with van der Waals surface area (Å²) in [5, 5.41) is 7.38. The lowest BCUT2D eigenvalue weighted by Gasteiger charge is -2.11. The van der Waals surface area contributed by atoms with E-state index in [1.165, 1.54) is 0 Å². The molecule has 1 aliphatic rings. The molecule has 0 fully saturated rings. The molecular formula is C17H14Cl2N2O3. The van der Waals surface area contributed by atoms with E-state index in [1.807, 2.05) is 24.3 Å². The summed E-state index contributed by atoms with van der Waals surface area (Å²) >= 11 is 12.0. The van der Waals surface area contributed by atoms with E-state index in [2.05, 4.69) is 10.5 Å². The summed E-state index contributed by atoms with van der Waals surface area (Å²) < 4.78 is 5.31. The molecule has 0 radical (unpaired) electrons. The Labute approximate surface area is 149 Å². The molecule has 7 heteroatoms. The highest BCUT2D eigenvalue weighted by Gasteiger charge is 2.30. The second kappa shape index (κ2) is 7.11. The van der Waals surface area contributed by atoms with Crippen LogP contribution >= 0.6 is 23.2 Å². The normalized spacial score (nSPS) is 16.3. The van der Waals surface area contributed by atoms with Gasteiger partial charge in [-0.05, 0) is 24.3 Å². The molecule has 2 aromatic carbocycles. The van der Waals surface area contributed by atoms with Crippen LogP contribution in [0.5, 0.6) is 5.75 Å². The quantitative estimate of drug-likeness (QED) is 0.886. The third-order valence-electron chi connectivity index (χ3n) is 3.59. The van der Waals surface area contributed by atoms with Gasteiger partial charge in [-0.2, -0.15) is 0 Å². The van der Waals surface area contributed by atoms with E-state index in [0.717, 1.165) is 5.56 Å². The second-order valence-electron chi connectivity index (χ2n) is 5.13. The molecule has 1 unspecified atom stereocenters. The monoisotopic (exact) mass is 364 g/mol. The number of rotatable bonds is 4. The lowest BCUT2D eigenvalue weighted by Crippen LogP contribution is -2.28. The lowest BCUT2D eigenvalue weighted by atomic mass is 10.0. The number of ether oxygens (including phenoxy) is 1. The topological polar surface area (TPSA) is 59.9 Å². The molecule has 0 bridgehead atoms. The molecule has 124 valence electrons. The minimum Gasteiger partial charge on any atom is -0.496 e. The molecule has 1 atom stereocenters. The highest BCUT2D eigenvalue weighted by atomic mass is 35.5. The molecule has 1 N–H and O–H groups in total. The van der Waals surface area contributed by atoms with E-state index in [1.54, 1.807) is 25.3 Å². The van der Waals surface area contributed by atoms with Gasteiger partial charge in [0.25, 0.3) is 5.91 Å². The fourth-order valence-electron chi connectivity index (χ4n) is 2.37. The van der Waals surface area contributed by atoms with E-state index in [4.69, 9.17) is 32.8 Å². The van der Waals surface area contributed by atoms with Crippen LogP contribution < -0.4 is 10.1 Å². The largest absolute Gasteiger partial charge is 0.496 e. The number of amides is 1. The maximum Gasteiger partial charge on any atom is 0.268 e. The van der Waals surface area contributed by atoms with Crippen molar-refractivity contribution in [2.45, 2.75) is 12.5 Å². The number of hydrogen-bond acceptors (Lipinski definition) is 4. The highest BCUT2D eigenvalue weighted by molar-refractivity contribution is 6.44. The van der Waals surface area contributed by atoms with Crippen molar-refractivity contribution in [1.82, 2.24) is 0 Å². The van der Waals surface area contributed by atoms with Crippen molar-refractivity contribution in [2.24, 2.45) is 5.16 Å². The van der Waals surface area contributed by atoms with E-state index in [9.17, 15) is 4.79 Å². The van der Waals surface area contributed by atoms with Crippen molar-refractivity contribution in [3.63, 3.8) is 0 Å². The van der Waals surface area contributed by atoms with Gasteiger partial charge in [-0.15, -0.1) is 0 Å². The molecule has 5 nitrogen and oxygen atoms in total. The van der Waals surface area contributed by atoms with Crippen LogP contribution in [0.25, 0.3) is 0 Å². The number of para-hydroxylation sites is 1. The van der Waals surface area contributed by atoms with Gasteiger partial charge in [-0.3, -0.25) is 4.79 Å². The number of nitrogens with one attached hydrogen (secondary N) is 1. The van der Waals surface area contributed by atoms with Gasteiger partial charge in [-0.1, -0.05) is 46.6 Å². The van der Waals surface area contributed by atoms with Crippen LogP contribution in [0.15, 0.2) is 47.6 Å². The number of anilines is 1. The summed E-state index contributed by atoms with van der Waals surface area (Å²) in [7, 11) is 1.58. The van der Waals surface area contributed by atoms with Gasteiger partial charge in [0.2, 0.25) is 6.10 Å². The van der Waals surface area contributed by atoms with Gasteiger partial charge < -0.3 is 14.9 Å². The zero-order chi connectivity index (χ0) is 17.1. The number of oxime groups is 1. The van der Waals surface area contributed by atoms with E-state index < -0.39 is 6.10 Å². The molecule has 0 saturated carbocycles. The van der Waals surface area contributed by atoms with Crippen LogP contribution in [0, 0.1) is 0 Å². The van der Waals surface area contributed by atoms with Crippen LogP contribution in [-0.2, 0) is 9.63 Å². The van der Waals surface area contributed by atoms with Gasteiger partial charge in [0, 0.05) is 12.0 Å². The molecule has 0 spiro atoms. The molecule has 3 rings (SSSR count). The molecule has 2 aromatic rings. The molecular weight excluding hydrogens is 351 g/mol. The fraction of sp³-hybridized carbons (Fsp3) is 0.176. The predicted octanol–water partition coefficient (Wildman–Crippen LogP) is 4.13. The number of benzene rings is 2. The van der Waals surface area contributed by atoms with Crippen molar-refractivity contribution < 1.29 is 14.4 Å². The number of nitrogens with zero attached hydrogens (tertiary/aromatic N) is 1. The van der Waals surface area contributed by atoms with Crippen molar-refractivity contribution in [2.75, 3.05) is 12.4 Å². The lowest BCUT2D eigenvalue weighted by molar-refractivity contribution is -0.125. The van der Waals surface area contributed by atoms with Crippen LogP contribution in [0.3, 0.4) is 0 Å². The third-order valence-corrected chi connectivity index (χ3v) is 4.41. The summed E-state index contributed by atoms with van der Waals surface area (Å²) in [5.41, 5.74) is 1.89. The number of carbonyl (C=O) groups is 1. The Balaban J connectivity index is 1.70. The number of carbonyl (C=O) groups excluding carboxylic acids is 1. The number of hydrogen-bond donors (Lipinski definition) is 1. The predicted molar refractivity (Wildman–Crippen MR) is 94.1 cm³/mol. The van der Waals surface area contributed by atoms with Crippen LogP contribution in [0.2, 0.25) is 10.0 Å². The Morgan fingerprint density at radius 1 is 1.25 bits per heavy atom. The van der Waals surface area contributed by atoms with Gasteiger partial charge >= 0.3 is 0 Å². The zero-order valence-electron chi connectivity index (χ0n) is 12.8. The molecule has 1 heterocycles. The Hall–Kier alpha value is -2.24. The zero-order valence-corrected chi connectivity index (χ0v) is 14.3. The van der Waals surface area contributed by atoms with E-state index >= 15 is 0 Å². The molecule has 1 aliphatic heterocycles. The Bertz CT molecular complexity index is 808. The first-order valence-electron chi connectivity index (χ1n) is 7.21. The average molecular weight is 365 g/mol. The van der Waals surface area contributed by atoms with Crippen molar-refractivity contribution >= 4 is 40.5 Å². The van der Waals surface area contributed by atoms with Gasteiger partial charge in [0.1, 0.15) is 5.75 Å². The molecule has 0 saturated heterocycles. The standard InChI is InChI=1S/C17H14Cl2N2O3/c1-23-14-8-3-2-5-10(14)13-9-15(24-21-13)17(22)20-12-7-4-6-11(18)16(12)19/h2-8,15H,9H2,1H3,(H,20,22).